The largest absolute Gasteiger partial charge is 0.493 e. The first-order valence-electron chi connectivity index (χ1n) is 12.9. The van der Waals surface area contributed by atoms with Crippen LogP contribution in [0.4, 0.5) is 24.5 Å². The minimum Gasteiger partial charge on any atom is -0.493 e. The summed E-state index contributed by atoms with van der Waals surface area (Å²) < 4.78 is 67.6. The summed E-state index contributed by atoms with van der Waals surface area (Å²) in [4.78, 5) is 28.6. The van der Waals surface area contributed by atoms with Crippen LogP contribution in [0.5, 0.6) is 23.0 Å². The molecule has 1 aliphatic rings. The van der Waals surface area contributed by atoms with Gasteiger partial charge in [-0.3, -0.25) is 14.5 Å². The Morgan fingerprint density at radius 3 is 2.12 bits per heavy atom. The Morgan fingerprint density at radius 2 is 1.49 bits per heavy atom. The zero-order valence-corrected chi connectivity index (χ0v) is 23.6. The highest BCUT2D eigenvalue weighted by atomic mass is 19.4. The van der Waals surface area contributed by atoms with Gasteiger partial charge in [0.15, 0.2) is 28.5 Å². The van der Waals surface area contributed by atoms with E-state index in [9.17, 15) is 22.8 Å². The van der Waals surface area contributed by atoms with Crippen molar-refractivity contribution in [2.45, 2.75) is 18.1 Å². The van der Waals surface area contributed by atoms with Gasteiger partial charge in [-0.15, -0.1) is 0 Å². The van der Waals surface area contributed by atoms with E-state index >= 15 is 0 Å². The number of rotatable bonds is 9. The molecule has 2 amide bonds. The number of ether oxygens (including phenoxy) is 4. The number of halogens is 3. The molecule has 12 heteroatoms. The fraction of sp³-hybridized carbons (Fsp3) is 0.226. The van der Waals surface area contributed by atoms with Gasteiger partial charge in [0.2, 0.25) is 5.91 Å². The molecule has 1 N–H and O–H groups in total. The summed E-state index contributed by atoms with van der Waals surface area (Å²) in [6.07, 6.45) is -4.84. The van der Waals surface area contributed by atoms with Gasteiger partial charge in [-0.05, 0) is 48.5 Å². The van der Waals surface area contributed by atoms with E-state index in [4.69, 9.17) is 23.4 Å². The molecule has 3 aromatic carbocycles. The number of anilines is 2. The molecular weight excluding hydrogens is 569 g/mol. The van der Waals surface area contributed by atoms with Crippen LogP contribution in [0.25, 0.3) is 11.3 Å². The van der Waals surface area contributed by atoms with Gasteiger partial charge in [0.25, 0.3) is 5.91 Å². The second-order valence-electron chi connectivity index (χ2n) is 9.57. The minimum atomic E-state index is -4.56. The van der Waals surface area contributed by atoms with Crippen LogP contribution in [-0.2, 0) is 21.3 Å². The van der Waals surface area contributed by atoms with Crippen LogP contribution in [0.1, 0.15) is 17.7 Å². The van der Waals surface area contributed by atoms with Crippen LogP contribution in [0.3, 0.4) is 0 Å². The number of nitrogens with zero attached hydrogens (tertiary/aromatic N) is 1. The highest BCUT2D eigenvalue weighted by Crippen LogP contribution is 2.49. The molecule has 9 nitrogen and oxygen atoms in total. The summed E-state index contributed by atoms with van der Waals surface area (Å²) in [6, 6.07) is 17.1. The van der Waals surface area contributed by atoms with E-state index in [0.29, 0.717) is 34.4 Å². The first kappa shape index (κ1) is 29.4. The molecule has 0 saturated carbocycles. The molecule has 1 fully saturated rings. The topological polar surface area (TPSA) is 99.5 Å². The fourth-order valence-electron chi connectivity index (χ4n) is 5.03. The molecule has 0 spiro atoms. The van der Waals surface area contributed by atoms with Gasteiger partial charge in [-0.25, -0.2) is 0 Å². The molecule has 0 radical (unpaired) electrons. The van der Waals surface area contributed by atoms with Gasteiger partial charge in [-0.1, -0.05) is 12.1 Å². The maximum absolute atomic E-state index is 14.2. The van der Waals surface area contributed by atoms with Gasteiger partial charge in [-0.2, -0.15) is 13.2 Å². The first-order chi connectivity index (χ1) is 20.5. The number of methoxy groups -OCH3 is 4. The predicted octanol–water partition coefficient (Wildman–Crippen LogP) is 6.27. The number of hydrogen-bond acceptors (Lipinski definition) is 7. The highest BCUT2D eigenvalue weighted by molar-refractivity contribution is 6.16. The molecule has 0 bridgehead atoms. The molecule has 1 atom stereocenters. The Kier molecular flexibility index (Phi) is 7.70. The number of amides is 2. The number of benzene rings is 3. The summed E-state index contributed by atoms with van der Waals surface area (Å²) in [7, 11) is 5.83. The first-order valence-corrected chi connectivity index (χ1v) is 12.9. The third-order valence-electron chi connectivity index (χ3n) is 7.17. The van der Waals surface area contributed by atoms with E-state index in [1.165, 1.54) is 57.6 Å². The lowest BCUT2D eigenvalue weighted by molar-refractivity contribution is -0.138. The molecule has 1 aromatic heterocycles. The molecular formula is C31H27F3N2O7. The number of β-lactam (4-membered cyclic amide) rings is 1. The number of carbonyl (C=O) groups is 2. The van der Waals surface area contributed by atoms with Crippen molar-refractivity contribution in [3.8, 4) is 34.3 Å². The number of nitrogens with one attached hydrogen (secondary N) is 1. The third kappa shape index (κ3) is 5.20. The SMILES string of the molecule is COc1ccc(NC(=O)C2(c3ccc(-c4cccc(C(F)(F)F)c4)o3)CC(=O)N2c2ccc(OC)c(OC)c2)cc1OC. The minimum absolute atomic E-state index is 0.0484. The van der Waals surface area contributed by atoms with Gasteiger partial charge in [0, 0.05) is 29.1 Å². The van der Waals surface area contributed by atoms with Crippen molar-refractivity contribution in [3.05, 3.63) is 84.1 Å². The van der Waals surface area contributed by atoms with Gasteiger partial charge in [0.1, 0.15) is 11.5 Å². The predicted molar refractivity (Wildman–Crippen MR) is 151 cm³/mol. The number of hydrogen-bond donors (Lipinski definition) is 1. The molecule has 5 rings (SSSR count). The fourth-order valence-corrected chi connectivity index (χ4v) is 5.03. The number of furan rings is 1. The van der Waals surface area contributed by atoms with Gasteiger partial charge < -0.3 is 28.7 Å². The van der Waals surface area contributed by atoms with Crippen molar-refractivity contribution in [2.24, 2.45) is 0 Å². The van der Waals surface area contributed by atoms with Crippen LogP contribution < -0.4 is 29.2 Å². The van der Waals surface area contributed by atoms with Gasteiger partial charge in [0.05, 0.1) is 40.4 Å². The summed E-state index contributed by atoms with van der Waals surface area (Å²) in [6.45, 7) is 0. The highest BCUT2D eigenvalue weighted by Gasteiger charge is 2.61. The average Bonchev–Trinajstić information content (AvgIpc) is 3.49. The Morgan fingerprint density at radius 1 is 0.837 bits per heavy atom. The van der Waals surface area contributed by atoms with E-state index in [-0.39, 0.29) is 23.5 Å². The van der Waals surface area contributed by atoms with Crippen molar-refractivity contribution < 1.29 is 46.1 Å². The zero-order valence-electron chi connectivity index (χ0n) is 23.6. The van der Waals surface area contributed by atoms with Crippen LogP contribution >= 0.6 is 0 Å². The molecule has 2 heterocycles. The zero-order chi connectivity index (χ0) is 30.9. The van der Waals surface area contributed by atoms with Crippen molar-refractivity contribution >= 4 is 23.2 Å². The lowest BCUT2D eigenvalue weighted by Crippen LogP contribution is -2.67. The molecule has 43 heavy (non-hydrogen) atoms. The van der Waals surface area contributed by atoms with Crippen molar-refractivity contribution in [3.63, 3.8) is 0 Å². The van der Waals surface area contributed by atoms with Crippen LogP contribution in [-0.4, -0.2) is 40.3 Å². The van der Waals surface area contributed by atoms with Crippen LogP contribution in [0.2, 0.25) is 0 Å². The quantitative estimate of drug-likeness (QED) is 0.227. The standard InChI is InChI=1S/C31H27F3N2O7/c1-39-23-10-8-20(15-25(23)41-3)35-29(38)30(17-28(37)36(30)21-9-11-24(40-2)26(16-21)42-4)27-13-12-22(43-27)18-6-5-7-19(14-18)31(32,33)34/h5-16H,17H2,1-4H3,(H,35,38). The van der Waals surface area contributed by atoms with E-state index in [2.05, 4.69) is 5.32 Å². The van der Waals surface area contributed by atoms with Crippen LogP contribution in [0.15, 0.2) is 77.2 Å². The lowest BCUT2D eigenvalue weighted by Gasteiger charge is -2.49. The normalized spacial score (nSPS) is 16.3. The molecule has 0 aliphatic carbocycles. The second-order valence-corrected chi connectivity index (χ2v) is 9.57. The number of alkyl halides is 3. The maximum Gasteiger partial charge on any atom is 0.416 e. The second kappa shape index (κ2) is 11.3. The molecule has 1 saturated heterocycles. The Bertz CT molecular complexity index is 1680. The smallest absolute Gasteiger partial charge is 0.416 e. The van der Waals surface area contributed by atoms with Gasteiger partial charge >= 0.3 is 6.18 Å². The molecule has 4 aromatic rings. The number of carbonyl (C=O) groups excluding carboxylic acids is 2. The maximum atomic E-state index is 14.2. The Hall–Kier alpha value is -5.13. The Labute approximate surface area is 244 Å². The van der Waals surface area contributed by atoms with Crippen molar-refractivity contribution in [1.82, 2.24) is 0 Å². The van der Waals surface area contributed by atoms with E-state index in [0.717, 1.165) is 12.1 Å². The molecule has 1 aliphatic heterocycles. The summed E-state index contributed by atoms with van der Waals surface area (Å²) in [5, 5.41) is 2.83. The molecule has 1 unspecified atom stereocenters. The average molecular weight is 597 g/mol. The monoisotopic (exact) mass is 596 g/mol. The lowest BCUT2D eigenvalue weighted by atomic mass is 9.79. The summed E-state index contributed by atoms with van der Waals surface area (Å²) in [5.74, 6) is 0.643. The van der Waals surface area contributed by atoms with E-state index in [1.807, 2.05) is 0 Å². The molecule has 224 valence electrons. The van der Waals surface area contributed by atoms with Crippen molar-refractivity contribution in [2.75, 3.05) is 38.7 Å². The summed E-state index contributed by atoms with van der Waals surface area (Å²) >= 11 is 0. The van der Waals surface area contributed by atoms with E-state index in [1.54, 1.807) is 36.4 Å². The Balaban J connectivity index is 1.61. The summed E-state index contributed by atoms with van der Waals surface area (Å²) in [5.41, 5.74) is -1.75. The van der Waals surface area contributed by atoms with E-state index < -0.39 is 29.1 Å². The van der Waals surface area contributed by atoms with Crippen LogP contribution in [0, 0.1) is 0 Å². The van der Waals surface area contributed by atoms with Crippen molar-refractivity contribution in [1.29, 1.82) is 0 Å². The third-order valence-corrected chi connectivity index (χ3v) is 7.17.